The fraction of sp³-hybridized carbons (Fsp3) is 0.600. The first kappa shape index (κ1) is 11.5. The van der Waals surface area contributed by atoms with E-state index < -0.39 is 5.60 Å². The molecule has 0 amide bonds. The lowest BCUT2D eigenvalue weighted by Crippen LogP contribution is -2.25. The number of nitrogens with zero attached hydrogens (tertiary/aromatic N) is 2. The highest BCUT2D eigenvalue weighted by Crippen LogP contribution is 2.21. The molecule has 1 unspecified atom stereocenters. The van der Waals surface area contributed by atoms with Crippen LogP contribution in [0, 0.1) is 6.92 Å². The minimum absolute atomic E-state index is 0.627. The van der Waals surface area contributed by atoms with Gasteiger partial charge in [-0.15, -0.1) is 0 Å². The van der Waals surface area contributed by atoms with Crippen molar-refractivity contribution in [3.8, 4) is 0 Å². The molecule has 14 heavy (non-hydrogen) atoms. The SMILES string of the molecule is CCC(C)(O)CSc1nccc(C)n1. The Morgan fingerprint density at radius 3 is 2.86 bits per heavy atom. The van der Waals surface area contributed by atoms with Crippen LogP contribution < -0.4 is 0 Å². The van der Waals surface area contributed by atoms with Crippen molar-refractivity contribution in [2.75, 3.05) is 5.75 Å². The van der Waals surface area contributed by atoms with E-state index in [0.29, 0.717) is 5.75 Å². The zero-order valence-electron chi connectivity index (χ0n) is 8.82. The Morgan fingerprint density at radius 1 is 1.57 bits per heavy atom. The molecule has 0 radical (unpaired) electrons. The molecule has 78 valence electrons. The third kappa shape index (κ3) is 3.64. The van der Waals surface area contributed by atoms with Gasteiger partial charge in [-0.3, -0.25) is 0 Å². The maximum atomic E-state index is 9.78. The fourth-order valence-electron chi connectivity index (χ4n) is 0.818. The molecule has 0 fully saturated rings. The molecule has 0 saturated heterocycles. The van der Waals surface area contributed by atoms with E-state index in [2.05, 4.69) is 9.97 Å². The van der Waals surface area contributed by atoms with E-state index in [1.807, 2.05) is 26.8 Å². The molecule has 0 aliphatic rings. The zero-order chi connectivity index (χ0) is 10.6. The summed E-state index contributed by atoms with van der Waals surface area (Å²) in [6, 6.07) is 1.86. The summed E-state index contributed by atoms with van der Waals surface area (Å²) in [6.07, 6.45) is 2.48. The Morgan fingerprint density at radius 2 is 2.29 bits per heavy atom. The third-order valence-electron chi connectivity index (χ3n) is 2.05. The van der Waals surface area contributed by atoms with Crippen molar-refractivity contribution >= 4 is 11.8 Å². The normalized spacial score (nSPS) is 15.1. The Kier molecular flexibility index (Phi) is 3.89. The zero-order valence-corrected chi connectivity index (χ0v) is 9.64. The smallest absolute Gasteiger partial charge is 0.187 e. The van der Waals surface area contributed by atoms with Crippen molar-refractivity contribution in [3.63, 3.8) is 0 Å². The Balaban J connectivity index is 2.54. The summed E-state index contributed by atoms with van der Waals surface area (Å²) in [5, 5.41) is 10.5. The lowest BCUT2D eigenvalue weighted by molar-refractivity contribution is 0.0815. The van der Waals surface area contributed by atoms with Crippen LogP contribution in [0.25, 0.3) is 0 Å². The molecule has 0 saturated carbocycles. The topological polar surface area (TPSA) is 46.0 Å². The molecule has 0 bridgehead atoms. The van der Waals surface area contributed by atoms with Gasteiger partial charge in [0.05, 0.1) is 5.60 Å². The van der Waals surface area contributed by atoms with Crippen LogP contribution >= 0.6 is 11.8 Å². The molecule has 0 aliphatic carbocycles. The van der Waals surface area contributed by atoms with Crippen LogP contribution in [0.4, 0.5) is 0 Å². The molecule has 1 rings (SSSR count). The molecule has 0 aliphatic heterocycles. The molecule has 1 N–H and O–H groups in total. The molecule has 4 heteroatoms. The van der Waals surface area contributed by atoms with Gasteiger partial charge < -0.3 is 5.11 Å². The minimum atomic E-state index is -0.627. The number of hydrogen-bond acceptors (Lipinski definition) is 4. The van der Waals surface area contributed by atoms with Crippen molar-refractivity contribution < 1.29 is 5.11 Å². The quantitative estimate of drug-likeness (QED) is 0.613. The van der Waals surface area contributed by atoms with E-state index in [1.165, 1.54) is 11.8 Å². The number of aryl methyl sites for hydroxylation is 1. The van der Waals surface area contributed by atoms with E-state index in [1.54, 1.807) is 6.20 Å². The van der Waals surface area contributed by atoms with Crippen molar-refractivity contribution in [2.45, 2.75) is 37.9 Å². The predicted octanol–water partition coefficient (Wildman–Crippen LogP) is 2.04. The second-order valence-corrected chi connectivity index (χ2v) is 4.56. The standard InChI is InChI=1S/C10H16N2OS/c1-4-10(3,13)7-14-9-11-6-5-8(2)12-9/h5-6,13H,4,7H2,1-3H3. The average molecular weight is 212 g/mol. The summed E-state index contributed by atoms with van der Waals surface area (Å²) in [5.74, 6) is 0.632. The van der Waals surface area contributed by atoms with Gasteiger partial charge in [0, 0.05) is 17.6 Å². The first-order valence-corrected chi connectivity index (χ1v) is 5.67. The van der Waals surface area contributed by atoms with Gasteiger partial charge in [-0.05, 0) is 26.3 Å². The van der Waals surface area contributed by atoms with Gasteiger partial charge in [0.2, 0.25) is 0 Å². The van der Waals surface area contributed by atoms with Gasteiger partial charge in [0.1, 0.15) is 0 Å². The van der Waals surface area contributed by atoms with Gasteiger partial charge in [-0.2, -0.15) is 0 Å². The van der Waals surface area contributed by atoms with E-state index in [4.69, 9.17) is 0 Å². The maximum Gasteiger partial charge on any atom is 0.187 e. The van der Waals surface area contributed by atoms with Crippen molar-refractivity contribution in [1.29, 1.82) is 0 Å². The van der Waals surface area contributed by atoms with Crippen molar-refractivity contribution in [3.05, 3.63) is 18.0 Å². The van der Waals surface area contributed by atoms with Crippen LogP contribution in [0.5, 0.6) is 0 Å². The molecular formula is C10H16N2OS. The van der Waals surface area contributed by atoms with Gasteiger partial charge in [-0.1, -0.05) is 18.7 Å². The Labute approximate surface area is 89.0 Å². The minimum Gasteiger partial charge on any atom is -0.389 e. The van der Waals surface area contributed by atoms with Gasteiger partial charge in [0.15, 0.2) is 5.16 Å². The van der Waals surface area contributed by atoms with Crippen LogP contribution in [0.1, 0.15) is 26.0 Å². The lowest BCUT2D eigenvalue weighted by atomic mass is 10.1. The number of aliphatic hydroxyl groups is 1. The third-order valence-corrected chi connectivity index (χ3v) is 3.27. The molecule has 0 aromatic carbocycles. The van der Waals surface area contributed by atoms with Crippen molar-refractivity contribution in [2.24, 2.45) is 0 Å². The molecule has 1 aromatic heterocycles. The van der Waals surface area contributed by atoms with E-state index >= 15 is 0 Å². The average Bonchev–Trinajstić information content (AvgIpc) is 2.15. The first-order chi connectivity index (χ1) is 6.53. The molecule has 1 heterocycles. The second kappa shape index (κ2) is 4.75. The molecule has 3 nitrogen and oxygen atoms in total. The van der Waals surface area contributed by atoms with Crippen LogP contribution in [0.3, 0.4) is 0 Å². The highest BCUT2D eigenvalue weighted by atomic mass is 32.2. The van der Waals surface area contributed by atoms with Crippen LogP contribution in [0.15, 0.2) is 17.4 Å². The maximum absolute atomic E-state index is 9.78. The van der Waals surface area contributed by atoms with Crippen LogP contribution in [-0.4, -0.2) is 26.4 Å². The summed E-state index contributed by atoms with van der Waals surface area (Å²) in [6.45, 7) is 5.73. The number of rotatable bonds is 4. The van der Waals surface area contributed by atoms with Gasteiger partial charge >= 0.3 is 0 Å². The highest BCUT2D eigenvalue weighted by Gasteiger charge is 2.18. The molecule has 1 aromatic rings. The largest absolute Gasteiger partial charge is 0.389 e. The predicted molar refractivity (Wildman–Crippen MR) is 58.4 cm³/mol. The Bertz CT molecular complexity index is 302. The second-order valence-electron chi connectivity index (χ2n) is 3.62. The van der Waals surface area contributed by atoms with E-state index in [0.717, 1.165) is 17.3 Å². The first-order valence-electron chi connectivity index (χ1n) is 4.68. The van der Waals surface area contributed by atoms with E-state index in [9.17, 15) is 5.11 Å². The van der Waals surface area contributed by atoms with Gasteiger partial charge in [0.25, 0.3) is 0 Å². The lowest BCUT2D eigenvalue weighted by Gasteiger charge is -2.19. The molecule has 1 atom stereocenters. The Hall–Kier alpha value is -0.610. The molecular weight excluding hydrogens is 196 g/mol. The highest BCUT2D eigenvalue weighted by molar-refractivity contribution is 7.99. The fourth-order valence-corrected chi connectivity index (χ4v) is 1.81. The number of hydrogen-bond donors (Lipinski definition) is 1. The molecule has 0 spiro atoms. The van der Waals surface area contributed by atoms with Crippen molar-refractivity contribution in [1.82, 2.24) is 9.97 Å². The van der Waals surface area contributed by atoms with Crippen LogP contribution in [-0.2, 0) is 0 Å². The summed E-state index contributed by atoms with van der Waals surface area (Å²) >= 11 is 1.49. The van der Waals surface area contributed by atoms with Crippen LogP contribution in [0.2, 0.25) is 0 Å². The number of thioether (sulfide) groups is 1. The summed E-state index contributed by atoms with van der Waals surface area (Å²) in [4.78, 5) is 8.37. The van der Waals surface area contributed by atoms with Gasteiger partial charge in [-0.25, -0.2) is 9.97 Å². The summed E-state index contributed by atoms with van der Waals surface area (Å²) in [5.41, 5.74) is 0.330. The van der Waals surface area contributed by atoms with E-state index in [-0.39, 0.29) is 0 Å². The number of aromatic nitrogens is 2. The summed E-state index contributed by atoms with van der Waals surface area (Å²) < 4.78 is 0. The monoisotopic (exact) mass is 212 g/mol. The summed E-state index contributed by atoms with van der Waals surface area (Å²) in [7, 11) is 0.